The molecule has 0 aliphatic carbocycles. The summed E-state index contributed by atoms with van der Waals surface area (Å²) in [5.74, 6) is 0. The minimum atomic E-state index is -4.07. The van der Waals surface area contributed by atoms with Gasteiger partial charge in [-0.1, -0.05) is 0 Å². The van der Waals surface area contributed by atoms with Gasteiger partial charge in [0.1, 0.15) is 10.1 Å². The minimum absolute atomic E-state index is 1.08. The fourth-order valence-corrected chi connectivity index (χ4v) is 1.17. The molecule has 0 heterocycles. The van der Waals surface area contributed by atoms with Gasteiger partial charge in [-0.2, -0.15) is 8.42 Å². The van der Waals surface area contributed by atoms with Gasteiger partial charge in [0.2, 0.25) is 0 Å². The third-order valence-electron chi connectivity index (χ3n) is 0.825. The maximum absolute atomic E-state index is 10.2. The van der Waals surface area contributed by atoms with Crippen LogP contribution in [0.3, 0.4) is 0 Å². The van der Waals surface area contributed by atoms with E-state index in [9.17, 15) is 8.42 Å². The first-order valence-electron chi connectivity index (χ1n) is 2.10. The number of halogens is 2. The summed E-state index contributed by atoms with van der Waals surface area (Å²) in [5.41, 5.74) is 0. The third-order valence-corrected chi connectivity index (χ3v) is 3.09. The van der Waals surface area contributed by atoms with E-state index in [4.69, 9.17) is 27.8 Å². The molecule has 0 aromatic rings. The molecule has 0 spiro atoms. The van der Waals surface area contributed by atoms with Crippen LogP contribution in [0.4, 0.5) is 0 Å². The summed E-state index contributed by atoms with van der Waals surface area (Å²) < 4.78 is 28.6. The monoisotopic (exact) mass is 192 g/mol. The lowest BCUT2D eigenvalue weighted by Crippen LogP contribution is -2.22. The van der Waals surface area contributed by atoms with Gasteiger partial charge in [0, 0.05) is 0 Å². The highest BCUT2D eigenvalue weighted by atomic mass is 35.5. The summed E-state index contributed by atoms with van der Waals surface area (Å²) in [4.78, 5) is -1.08. The first-order chi connectivity index (χ1) is 3.85. The van der Waals surface area contributed by atoms with E-state index in [0.29, 0.717) is 0 Å². The quantitative estimate of drug-likeness (QED) is 0.527. The lowest BCUT2D eigenvalue weighted by molar-refractivity contribution is 0.472. The molecule has 0 bridgehead atoms. The summed E-state index contributed by atoms with van der Waals surface area (Å²) in [6.45, 7) is 1.22. The lowest BCUT2D eigenvalue weighted by Gasteiger charge is -2.06. The van der Waals surface area contributed by atoms with Crippen molar-refractivity contribution in [1.82, 2.24) is 0 Å². The summed E-state index contributed by atoms with van der Waals surface area (Å²) in [5, 5.41) is -1.12. The lowest BCUT2D eigenvalue weighted by atomic mass is 10.6. The number of hydrogen-bond donors (Lipinski definition) is 1. The zero-order valence-electron chi connectivity index (χ0n) is 4.58. The van der Waals surface area contributed by atoms with Gasteiger partial charge in [-0.15, -0.1) is 23.2 Å². The Balaban J connectivity index is 4.24. The molecular weight excluding hydrogens is 187 g/mol. The van der Waals surface area contributed by atoms with Gasteiger partial charge in [0.15, 0.2) is 0 Å². The van der Waals surface area contributed by atoms with Crippen molar-refractivity contribution in [3.8, 4) is 0 Å². The van der Waals surface area contributed by atoms with E-state index >= 15 is 0 Å². The molecule has 9 heavy (non-hydrogen) atoms. The fraction of sp³-hybridized carbons (Fsp3) is 1.00. The zero-order chi connectivity index (χ0) is 7.65. The minimum Gasteiger partial charge on any atom is -0.285 e. The van der Waals surface area contributed by atoms with E-state index in [-0.39, 0.29) is 0 Å². The molecule has 0 aliphatic rings. The van der Waals surface area contributed by atoms with Crippen LogP contribution in [0.15, 0.2) is 0 Å². The SMILES string of the molecule is CC(C(Cl)Cl)S(=O)(=O)O. The van der Waals surface area contributed by atoms with Crippen LogP contribution in [0, 0.1) is 0 Å². The van der Waals surface area contributed by atoms with Gasteiger partial charge in [0.25, 0.3) is 10.1 Å². The summed E-state index contributed by atoms with van der Waals surface area (Å²) in [6.07, 6.45) is 0. The van der Waals surface area contributed by atoms with E-state index in [1.54, 1.807) is 0 Å². The van der Waals surface area contributed by atoms with E-state index < -0.39 is 20.2 Å². The standard InChI is InChI=1S/C3H6Cl2O3S/c1-2(3(4)5)9(6,7)8/h2-3H,1H3,(H,6,7,8). The van der Waals surface area contributed by atoms with Gasteiger partial charge in [-0.25, -0.2) is 0 Å². The Hall–Kier alpha value is 0.490. The van der Waals surface area contributed by atoms with Crippen molar-refractivity contribution < 1.29 is 13.0 Å². The van der Waals surface area contributed by atoms with Crippen LogP contribution < -0.4 is 0 Å². The van der Waals surface area contributed by atoms with Gasteiger partial charge in [-0.3, -0.25) is 4.55 Å². The van der Waals surface area contributed by atoms with Crippen LogP contribution in [0.2, 0.25) is 0 Å². The molecule has 6 heteroatoms. The van der Waals surface area contributed by atoms with Crippen LogP contribution in [-0.4, -0.2) is 23.1 Å². The number of alkyl halides is 2. The normalized spacial score (nSPS) is 16.1. The average molecular weight is 193 g/mol. The van der Waals surface area contributed by atoms with Crippen molar-refractivity contribution in [3.05, 3.63) is 0 Å². The zero-order valence-corrected chi connectivity index (χ0v) is 6.91. The van der Waals surface area contributed by atoms with Crippen molar-refractivity contribution in [1.29, 1.82) is 0 Å². The number of rotatable bonds is 2. The highest BCUT2D eigenvalue weighted by Crippen LogP contribution is 2.13. The molecular formula is C3H6Cl2O3S. The molecule has 3 nitrogen and oxygen atoms in total. The Morgan fingerprint density at radius 3 is 1.78 bits per heavy atom. The van der Waals surface area contributed by atoms with Crippen molar-refractivity contribution in [2.45, 2.75) is 17.0 Å². The Labute approximate surface area is 63.7 Å². The predicted molar refractivity (Wildman–Crippen MR) is 36.5 cm³/mol. The van der Waals surface area contributed by atoms with Crippen molar-refractivity contribution >= 4 is 33.3 Å². The second-order valence-electron chi connectivity index (χ2n) is 1.55. The summed E-state index contributed by atoms with van der Waals surface area (Å²) in [7, 11) is -4.07. The second-order valence-corrected chi connectivity index (χ2v) is 4.49. The molecule has 0 aromatic heterocycles. The molecule has 1 atom stereocenters. The molecule has 0 fully saturated rings. The van der Waals surface area contributed by atoms with Crippen molar-refractivity contribution in [3.63, 3.8) is 0 Å². The topological polar surface area (TPSA) is 54.4 Å². The molecule has 0 aromatic carbocycles. The van der Waals surface area contributed by atoms with Crippen LogP contribution in [-0.2, 0) is 10.1 Å². The molecule has 1 N–H and O–H groups in total. The highest BCUT2D eigenvalue weighted by molar-refractivity contribution is 7.86. The number of hydrogen-bond acceptors (Lipinski definition) is 2. The molecule has 0 rings (SSSR count). The first-order valence-corrected chi connectivity index (χ1v) is 4.47. The Morgan fingerprint density at radius 2 is 1.78 bits per heavy atom. The molecule has 1 unspecified atom stereocenters. The maximum atomic E-state index is 10.2. The van der Waals surface area contributed by atoms with Gasteiger partial charge in [-0.05, 0) is 6.92 Å². The maximum Gasteiger partial charge on any atom is 0.270 e. The molecule has 0 aliphatic heterocycles. The molecule has 0 saturated heterocycles. The largest absolute Gasteiger partial charge is 0.285 e. The Morgan fingerprint density at radius 1 is 1.44 bits per heavy atom. The van der Waals surface area contributed by atoms with Gasteiger partial charge >= 0.3 is 0 Å². The van der Waals surface area contributed by atoms with Crippen molar-refractivity contribution in [2.24, 2.45) is 0 Å². The van der Waals surface area contributed by atoms with E-state index in [2.05, 4.69) is 0 Å². The molecule has 56 valence electrons. The average Bonchev–Trinajstić information content (AvgIpc) is 1.62. The van der Waals surface area contributed by atoms with E-state index in [1.165, 1.54) is 6.92 Å². The first kappa shape index (κ1) is 9.49. The van der Waals surface area contributed by atoms with Crippen LogP contribution in [0.25, 0.3) is 0 Å². The Kier molecular flexibility index (Phi) is 3.22. The van der Waals surface area contributed by atoms with Crippen LogP contribution in [0.1, 0.15) is 6.92 Å². The van der Waals surface area contributed by atoms with E-state index in [0.717, 1.165) is 0 Å². The molecule has 0 saturated carbocycles. The van der Waals surface area contributed by atoms with Crippen molar-refractivity contribution in [2.75, 3.05) is 0 Å². The fourth-order valence-electron chi connectivity index (χ4n) is 0.130. The predicted octanol–water partition coefficient (Wildman–Crippen LogP) is 1.07. The van der Waals surface area contributed by atoms with Crippen LogP contribution >= 0.6 is 23.2 Å². The second kappa shape index (κ2) is 3.05. The Bertz CT molecular complexity index is 173. The third kappa shape index (κ3) is 3.25. The van der Waals surface area contributed by atoms with E-state index in [1.807, 2.05) is 0 Å². The van der Waals surface area contributed by atoms with Gasteiger partial charge < -0.3 is 0 Å². The molecule has 0 amide bonds. The molecule has 0 radical (unpaired) electrons. The summed E-state index contributed by atoms with van der Waals surface area (Å²) >= 11 is 10.3. The highest BCUT2D eigenvalue weighted by Gasteiger charge is 2.23. The van der Waals surface area contributed by atoms with Gasteiger partial charge in [0.05, 0.1) is 0 Å². The summed E-state index contributed by atoms with van der Waals surface area (Å²) in [6, 6.07) is 0. The van der Waals surface area contributed by atoms with Crippen LogP contribution in [0.5, 0.6) is 0 Å². The smallest absolute Gasteiger partial charge is 0.270 e.